The summed E-state index contributed by atoms with van der Waals surface area (Å²) in [6.45, 7) is 2.07. The van der Waals surface area contributed by atoms with E-state index in [9.17, 15) is 0 Å². The van der Waals surface area contributed by atoms with Gasteiger partial charge in [-0.2, -0.15) is 0 Å². The van der Waals surface area contributed by atoms with Crippen LogP contribution in [0.5, 0.6) is 11.5 Å². The van der Waals surface area contributed by atoms with Gasteiger partial charge >= 0.3 is 0 Å². The highest BCUT2D eigenvalue weighted by Crippen LogP contribution is 2.31. The van der Waals surface area contributed by atoms with Crippen molar-refractivity contribution < 1.29 is 9.47 Å². The molecule has 2 rings (SSSR count). The van der Waals surface area contributed by atoms with Crippen LogP contribution in [-0.4, -0.2) is 19.2 Å². The van der Waals surface area contributed by atoms with Gasteiger partial charge in [-0.05, 0) is 25.1 Å². The molecule has 0 spiro atoms. The van der Waals surface area contributed by atoms with Crippen LogP contribution in [0.4, 0.5) is 5.13 Å². The van der Waals surface area contributed by atoms with Crippen molar-refractivity contribution in [1.29, 1.82) is 0 Å². The zero-order valence-corrected chi connectivity index (χ0v) is 11.5. The molecule has 0 aliphatic rings. The number of ether oxygens (including phenoxy) is 2. The van der Waals surface area contributed by atoms with E-state index >= 15 is 0 Å². The number of benzene rings is 1. The number of rotatable bonds is 5. The molecule has 0 fully saturated rings. The van der Waals surface area contributed by atoms with E-state index in [2.05, 4.69) is 17.2 Å². The summed E-state index contributed by atoms with van der Waals surface area (Å²) in [6, 6.07) is 5.87. The fourth-order valence-electron chi connectivity index (χ4n) is 1.74. The van der Waals surface area contributed by atoms with Gasteiger partial charge in [0.25, 0.3) is 0 Å². The van der Waals surface area contributed by atoms with Crippen LogP contribution in [0.2, 0.25) is 0 Å². The predicted octanol–water partition coefficient (Wildman–Crippen LogP) is 3.33. The molecular weight excluding hydrogens is 248 g/mol. The van der Waals surface area contributed by atoms with Crippen molar-refractivity contribution in [3.63, 3.8) is 0 Å². The second-order valence-corrected chi connectivity index (χ2v) is 4.71. The monoisotopic (exact) mass is 264 g/mol. The van der Waals surface area contributed by atoms with E-state index in [0.717, 1.165) is 22.2 Å². The second kappa shape index (κ2) is 5.73. The maximum absolute atomic E-state index is 5.37. The van der Waals surface area contributed by atoms with Crippen molar-refractivity contribution in [3.8, 4) is 11.5 Å². The Bertz CT molecular complexity index is 500. The average molecular weight is 264 g/mol. The smallest absolute Gasteiger partial charge is 0.183 e. The van der Waals surface area contributed by atoms with Crippen LogP contribution in [-0.2, 0) is 0 Å². The molecule has 4 nitrogen and oxygen atoms in total. The van der Waals surface area contributed by atoms with Gasteiger partial charge in [0.2, 0.25) is 0 Å². The van der Waals surface area contributed by atoms with E-state index in [4.69, 9.17) is 9.47 Å². The molecule has 0 saturated heterocycles. The van der Waals surface area contributed by atoms with E-state index in [1.54, 1.807) is 31.8 Å². The Hall–Kier alpha value is -1.75. The second-order valence-electron chi connectivity index (χ2n) is 3.81. The van der Waals surface area contributed by atoms with E-state index in [0.29, 0.717) is 0 Å². The van der Waals surface area contributed by atoms with Gasteiger partial charge in [0.05, 0.1) is 20.3 Å². The lowest BCUT2D eigenvalue weighted by molar-refractivity contribution is 0.397. The maximum atomic E-state index is 5.37. The summed E-state index contributed by atoms with van der Waals surface area (Å²) in [7, 11) is 3.33. The zero-order chi connectivity index (χ0) is 13.0. The van der Waals surface area contributed by atoms with Crippen molar-refractivity contribution in [1.82, 2.24) is 4.98 Å². The van der Waals surface area contributed by atoms with Gasteiger partial charge in [0.1, 0.15) is 11.5 Å². The summed E-state index contributed by atoms with van der Waals surface area (Å²) in [5.41, 5.74) is 1.05. The summed E-state index contributed by atoms with van der Waals surface area (Å²) in [6.07, 6.45) is 1.78. The van der Waals surface area contributed by atoms with Crippen molar-refractivity contribution >= 4 is 16.5 Å². The highest BCUT2D eigenvalue weighted by Gasteiger charge is 2.13. The highest BCUT2D eigenvalue weighted by atomic mass is 32.1. The summed E-state index contributed by atoms with van der Waals surface area (Å²) >= 11 is 1.58. The molecule has 96 valence electrons. The minimum atomic E-state index is 0.0983. The first-order chi connectivity index (χ1) is 8.74. The molecule has 1 N–H and O–H groups in total. The minimum absolute atomic E-state index is 0.0983. The van der Waals surface area contributed by atoms with Crippen LogP contribution in [0, 0.1) is 0 Å². The van der Waals surface area contributed by atoms with Crippen molar-refractivity contribution in [3.05, 3.63) is 35.3 Å². The number of hydrogen-bond acceptors (Lipinski definition) is 5. The fourth-order valence-corrected chi connectivity index (χ4v) is 2.35. The molecule has 1 unspecified atom stereocenters. The molecule has 1 atom stereocenters. The first kappa shape index (κ1) is 12.7. The first-order valence-electron chi connectivity index (χ1n) is 5.62. The molecule has 1 aromatic carbocycles. The molecule has 2 aromatic rings. The topological polar surface area (TPSA) is 43.4 Å². The van der Waals surface area contributed by atoms with Gasteiger partial charge in [-0.1, -0.05) is 0 Å². The summed E-state index contributed by atoms with van der Waals surface area (Å²) in [5.74, 6) is 1.66. The summed E-state index contributed by atoms with van der Waals surface area (Å²) < 4.78 is 10.6. The lowest BCUT2D eigenvalue weighted by Crippen LogP contribution is -2.08. The average Bonchev–Trinajstić information content (AvgIpc) is 2.90. The Labute approximate surface area is 111 Å². The summed E-state index contributed by atoms with van der Waals surface area (Å²) in [4.78, 5) is 4.22. The molecule has 18 heavy (non-hydrogen) atoms. The lowest BCUT2D eigenvalue weighted by atomic mass is 10.1. The lowest BCUT2D eigenvalue weighted by Gasteiger charge is -2.17. The van der Waals surface area contributed by atoms with Gasteiger partial charge in [0, 0.05) is 17.1 Å². The first-order valence-corrected chi connectivity index (χ1v) is 6.50. The number of thiazole rings is 1. The highest BCUT2D eigenvalue weighted by molar-refractivity contribution is 7.13. The van der Waals surface area contributed by atoms with Gasteiger partial charge in [-0.25, -0.2) is 4.98 Å². The molecule has 0 radical (unpaired) electrons. The maximum Gasteiger partial charge on any atom is 0.183 e. The third kappa shape index (κ3) is 2.73. The van der Waals surface area contributed by atoms with E-state index < -0.39 is 0 Å². The zero-order valence-electron chi connectivity index (χ0n) is 10.6. The number of nitrogens with one attached hydrogen (secondary N) is 1. The van der Waals surface area contributed by atoms with Crippen molar-refractivity contribution in [2.75, 3.05) is 19.5 Å². The van der Waals surface area contributed by atoms with Crippen LogP contribution < -0.4 is 14.8 Å². The third-order valence-electron chi connectivity index (χ3n) is 2.68. The van der Waals surface area contributed by atoms with E-state index in [1.807, 2.05) is 23.6 Å². The Morgan fingerprint density at radius 3 is 2.72 bits per heavy atom. The van der Waals surface area contributed by atoms with Crippen molar-refractivity contribution in [2.45, 2.75) is 13.0 Å². The quantitative estimate of drug-likeness (QED) is 0.899. The summed E-state index contributed by atoms with van der Waals surface area (Å²) in [5, 5.41) is 6.17. The van der Waals surface area contributed by atoms with Gasteiger partial charge < -0.3 is 14.8 Å². The van der Waals surface area contributed by atoms with Crippen LogP contribution in [0.3, 0.4) is 0 Å². The standard InChI is InChI=1S/C13H16N2O2S/c1-9(15-13-14-6-7-18-13)11-8-10(16-2)4-5-12(11)17-3/h4-9H,1-3H3,(H,14,15). The third-order valence-corrected chi connectivity index (χ3v) is 3.38. The molecule has 0 amide bonds. The van der Waals surface area contributed by atoms with E-state index in [1.165, 1.54) is 0 Å². The van der Waals surface area contributed by atoms with Crippen LogP contribution in [0.1, 0.15) is 18.5 Å². The number of nitrogens with zero attached hydrogens (tertiary/aromatic N) is 1. The number of anilines is 1. The molecule has 0 saturated carbocycles. The number of aromatic nitrogens is 1. The molecule has 0 aliphatic heterocycles. The van der Waals surface area contributed by atoms with Crippen LogP contribution >= 0.6 is 11.3 Å². The van der Waals surface area contributed by atoms with E-state index in [-0.39, 0.29) is 6.04 Å². The predicted molar refractivity (Wildman–Crippen MR) is 73.7 cm³/mol. The van der Waals surface area contributed by atoms with Crippen molar-refractivity contribution in [2.24, 2.45) is 0 Å². The Balaban J connectivity index is 2.24. The normalized spacial score (nSPS) is 11.9. The molecule has 1 heterocycles. The van der Waals surface area contributed by atoms with Gasteiger partial charge in [-0.3, -0.25) is 0 Å². The SMILES string of the molecule is COc1ccc(OC)c(C(C)Nc2nccs2)c1. The number of hydrogen-bond donors (Lipinski definition) is 1. The minimum Gasteiger partial charge on any atom is -0.497 e. The number of methoxy groups -OCH3 is 2. The van der Waals surface area contributed by atoms with Gasteiger partial charge in [0.15, 0.2) is 5.13 Å². The molecule has 5 heteroatoms. The van der Waals surface area contributed by atoms with Crippen LogP contribution in [0.15, 0.2) is 29.8 Å². The molecular formula is C13H16N2O2S. The Morgan fingerprint density at radius 2 is 2.11 bits per heavy atom. The molecule has 0 aliphatic carbocycles. The molecule has 0 bridgehead atoms. The Morgan fingerprint density at radius 1 is 1.28 bits per heavy atom. The van der Waals surface area contributed by atoms with Crippen LogP contribution in [0.25, 0.3) is 0 Å². The largest absolute Gasteiger partial charge is 0.497 e. The fraction of sp³-hybridized carbons (Fsp3) is 0.308. The Kier molecular flexibility index (Phi) is 4.04. The van der Waals surface area contributed by atoms with Gasteiger partial charge in [-0.15, -0.1) is 11.3 Å². The molecule has 1 aromatic heterocycles.